The fourth-order valence-electron chi connectivity index (χ4n) is 3.00. The molecule has 0 atom stereocenters. The van der Waals surface area contributed by atoms with E-state index in [0.717, 1.165) is 34.0 Å². The molecular formula is C23H25FN4OS2. The normalized spacial score (nSPS) is 10.8. The zero-order chi connectivity index (χ0) is 22.2. The molecule has 5 nitrogen and oxygen atoms in total. The zero-order valence-electron chi connectivity index (χ0n) is 17.6. The van der Waals surface area contributed by atoms with Crippen LogP contribution in [-0.4, -0.2) is 26.4 Å². The molecule has 0 saturated carbocycles. The van der Waals surface area contributed by atoms with E-state index >= 15 is 0 Å². The average molecular weight is 457 g/mol. The summed E-state index contributed by atoms with van der Waals surface area (Å²) in [5.74, 6) is 2.16. The number of nitrogens with one attached hydrogen (secondary N) is 1. The Morgan fingerprint density at radius 1 is 1.13 bits per heavy atom. The van der Waals surface area contributed by atoms with Crippen molar-refractivity contribution in [2.75, 3.05) is 11.1 Å². The van der Waals surface area contributed by atoms with Gasteiger partial charge in [-0.1, -0.05) is 48.2 Å². The molecule has 0 aliphatic carbocycles. The number of halogens is 1. The lowest BCUT2D eigenvalue weighted by Crippen LogP contribution is -2.16. The number of rotatable bonds is 10. The smallest absolute Gasteiger partial charge is 0.234 e. The Labute approximate surface area is 190 Å². The van der Waals surface area contributed by atoms with Crippen LogP contribution in [0.1, 0.15) is 22.5 Å². The summed E-state index contributed by atoms with van der Waals surface area (Å²) in [5, 5.41) is 12.3. The minimum atomic E-state index is -0.234. The van der Waals surface area contributed by atoms with Crippen LogP contribution in [0.4, 0.5) is 10.1 Å². The quantitative estimate of drug-likeness (QED) is 0.328. The molecule has 0 aliphatic rings. The van der Waals surface area contributed by atoms with Gasteiger partial charge in [-0.05, 0) is 42.7 Å². The SMILES string of the molecule is C=CCn1c(CSCc2ccc(F)cc2)nnc1SCC(=O)Nc1c(C)cccc1C. The first-order valence-corrected chi connectivity index (χ1v) is 12.0. The summed E-state index contributed by atoms with van der Waals surface area (Å²) in [6, 6.07) is 12.4. The van der Waals surface area contributed by atoms with Crippen LogP contribution in [0.5, 0.6) is 0 Å². The highest BCUT2D eigenvalue weighted by molar-refractivity contribution is 7.99. The number of para-hydroxylation sites is 1. The van der Waals surface area contributed by atoms with Gasteiger partial charge < -0.3 is 9.88 Å². The Bertz CT molecular complexity index is 1030. The summed E-state index contributed by atoms with van der Waals surface area (Å²) in [6.07, 6.45) is 1.79. The Hall–Kier alpha value is -2.58. The lowest BCUT2D eigenvalue weighted by molar-refractivity contribution is -0.113. The van der Waals surface area contributed by atoms with Crippen molar-refractivity contribution in [3.05, 3.63) is 83.5 Å². The van der Waals surface area contributed by atoms with Gasteiger partial charge >= 0.3 is 0 Å². The number of benzene rings is 2. The van der Waals surface area contributed by atoms with Crippen LogP contribution in [0.3, 0.4) is 0 Å². The highest BCUT2D eigenvalue weighted by Gasteiger charge is 2.14. The fourth-order valence-corrected chi connectivity index (χ4v) is 4.70. The molecule has 0 radical (unpaired) electrons. The van der Waals surface area contributed by atoms with Gasteiger partial charge in [-0.15, -0.1) is 28.5 Å². The van der Waals surface area contributed by atoms with E-state index in [4.69, 9.17) is 0 Å². The largest absolute Gasteiger partial charge is 0.325 e. The third-order valence-corrected chi connectivity index (χ3v) is 6.56. The molecule has 3 rings (SSSR count). The molecule has 0 fully saturated rings. The van der Waals surface area contributed by atoms with Gasteiger partial charge in [0.05, 0.1) is 11.5 Å². The highest BCUT2D eigenvalue weighted by atomic mass is 32.2. The number of anilines is 1. The first-order chi connectivity index (χ1) is 15.0. The van der Waals surface area contributed by atoms with Crippen LogP contribution in [0, 0.1) is 19.7 Å². The second-order valence-electron chi connectivity index (χ2n) is 7.02. The topological polar surface area (TPSA) is 59.8 Å². The van der Waals surface area contributed by atoms with Crippen LogP contribution in [-0.2, 0) is 22.8 Å². The van der Waals surface area contributed by atoms with E-state index in [9.17, 15) is 9.18 Å². The first kappa shape index (κ1) is 23.1. The summed E-state index contributed by atoms with van der Waals surface area (Å²) in [4.78, 5) is 12.5. The number of nitrogens with zero attached hydrogens (tertiary/aromatic N) is 3. The molecule has 8 heteroatoms. The molecule has 3 aromatic rings. The van der Waals surface area contributed by atoms with Crippen molar-refractivity contribution in [2.45, 2.75) is 37.1 Å². The average Bonchev–Trinajstić information content (AvgIpc) is 3.13. The second-order valence-corrected chi connectivity index (χ2v) is 8.95. The molecule has 1 N–H and O–H groups in total. The van der Waals surface area contributed by atoms with Crippen LogP contribution in [0.25, 0.3) is 0 Å². The Kier molecular flexibility index (Phi) is 8.31. The predicted octanol–water partition coefficient (Wildman–Crippen LogP) is 5.38. The first-order valence-electron chi connectivity index (χ1n) is 9.82. The Balaban J connectivity index is 1.58. The van der Waals surface area contributed by atoms with Gasteiger partial charge in [-0.25, -0.2) is 4.39 Å². The number of carbonyl (C=O) groups is 1. The maximum Gasteiger partial charge on any atom is 0.234 e. The van der Waals surface area contributed by atoms with Gasteiger partial charge in [0.15, 0.2) is 5.16 Å². The molecule has 1 aromatic heterocycles. The fraction of sp³-hybridized carbons (Fsp3) is 0.261. The highest BCUT2D eigenvalue weighted by Crippen LogP contribution is 2.23. The van der Waals surface area contributed by atoms with Crippen molar-refractivity contribution < 1.29 is 9.18 Å². The molecular weight excluding hydrogens is 431 g/mol. The van der Waals surface area contributed by atoms with Crippen LogP contribution >= 0.6 is 23.5 Å². The Morgan fingerprint density at radius 3 is 2.52 bits per heavy atom. The maximum atomic E-state index is 13.0. The molecule has 0 aliphatic heterocycles. The molecule has 1 amide bonds. The van der Waals surface area contributed by atoms with Gasteiger partial charge in [0.25, 0.3) is 0 Å². The number of hydrogen-bond acceptors (Lipinski definition) is 5. The van der Waals surface area contributed by atoms with Crippen molar-refractivity contribution in [1.82, 2.24) is 14.8 Å². The molecule has 2 aromatic carbocycles. The van der Waals surface area contributed by atoms with E-state index < -0.39 is 0 Å². The van der Waals surface area contributed by atoms with Crippen LogP contribution in [0.2, 0.25) is 0 Å². The summed E-state index contributed by atoms with van der Waals surface area (Å²) in [5.41, 5.74) is 3.99. The monoisotopic (exact) mass is 456 g/mol. The van der Waals surface area contributed by atoms with Crippen molar-refractivity contribution in [2.24, 2.45) is 0 Å². The number of hydrogen-bond donors (Lipinski definition) is 1. The number of thioether (sulfide) groups is 2. The minimum Gasteiger partial charge on any atom is -0.325 e. The van der Waals surface area contributed by atoms with E-state index in [1.165, 1.54) is 23.9 Å². The summed E-state index contributed by atoms with van der Waals surface area (Å²) in [7, 11) is 0. The van der Waals surface area contributed by atoms with Gasteiger partial charge in [-0.2, -0.15) is 0 Å². The Morgan fingerprint density at radius 2 is 1.84 bits per heavy atom. The maximum absolute atomic E-state index is 13.0. The van der Waals surface area contributed by atoms with Gasteiger partial charge in [0.2, 0.25) is 5.91 Å². The van der Waals surface area contributed by atoms with E-state index in [2.05, 4.69) is 22.1 Å². The summed E-state index contributed by atoms with van der Waals surface area (Å²) < 4.78 is 15.0. The number of amides is 1. The zero-order valence-corrected chi connectivity index (χ0v) is 19.2. The molecule has 1 heterocycles. The van der Waals surface area contributed by atoms with Crippen molar-refractivity contribution in [3.8, 4) is 0 Å². The third kappa shape index (κ3) is 6.45. The number of aromatic nitrogens is 3. The van der Waals surface area contributed by atoms with Gasteiger partial charge in [-0.3, -0.25) is 4.79 Å². The standard InChI is InChI=1S/C23H25FN4OS2/c1-4-12-28-20(14-30-13-18-8-10-19(24)11-9-18)26-27-23(28)31-15-21(29)25-22-16(2)6-5-7-17(22)3/h4-11H,1,12-15H2,2-3H3,(H,25,29). The predicted molar refractivity (Wildman–Crippen MR) is 127 cm³/mol. The lowest BCUT2D eigenvalue weighted by Gasteiger charge is -2.11. The number of aryl methyl sites for hydroxylation is 2. The minimum absolute atomic E-state index is 0.0808. The molecule has 0 spiro atoms. The third-order valence-electron chi connectivity index (χ3n) is 4.60. The van der Waals surface area contributed by atoms with Crippen LogP contribution in [0.15, 0.2) is 60.3 Å². The molecule has 0 saturated heterocycles. The van der Waals surface area contributed by atoms with Crippen molar-refractivity contribution >= 4 is 35.1 Å². The number of allylic oxidation sites excluding steroid dienone is 1. The summed E-state index contributed by atoms with van der Waals surface area (Å²) >= 11 is 3.04. The molecule has 0 bridgehead atoms. The second kappa shape index (κ2) is 11.2. The lowest BCUT2D eigenvalue weighted by atomic mass is 10.1. The molecule has 0 unspecified atom stereocenters. The molecule has 31 heavy (non-hydrogen) atoms. The van der Waals surface area contributed by atoms with E-state index in [1.807, 2.05) is 36.6 Å². The number of carbonyl (C=O) groups excluding carboxylic acids is 1. The van der Waals surface area contributed by atoms with Crippen LogP contribution < -0.4 is 5.32 Å². The molecule has 162 valence electrons. The van der Waals surface area contributed by atoms with Crippen molar-refractivity contribution in [3.63, 3.8) is 0 Å². The van der Waals surface area contributed by atoms with E-state index in [-0.39, 0.29) is 17.5 Å². The van der Waals surface area contributed by atoms with E-state index in [1.54, 1.807) is 30.0 Å². The van der Waals surface area contributed by atoms with Crippen molar-refractivity contribution in [1.29, 1.82) is 0 Å². The van der Waals surface area contributed by atoms with E-state index in [0.29, 0.717) is 17.5 Å². The summed E-state index contributed by atoms with van der Waals surface area (Å²) in [6.45, 7) is 8.34. The van der Waals surface area contributed by atoms with Gasteiger partial charge in [0, 0.05) is 18.0 Å². The van der Waals surface area contributed by atoms with Gasteiger partial charge in [0.1, 0.15) is 11.6 Å².